The van der Waals surface area contributed by atoms with Crippen LogP contribution in [0.25, 0.3) is 5.57 Å². The Kier molecular flexibility index (Phi) is 4.41. The Hall–Kier alpha value is -2.75. The number of hydrogen-bond acceptors (Lipinski definition) is 3. The van der Waals surface area contributed by atoms with Gasteiger partial charge in [-0.2, -0.15) is 0 Å². The number of hydrogen-bond donors (Lipinski definition) is 2. The lowest BCUT2D eigenvalue weighted by molar-refractivity contribution is -0.110. The number of amides is 1. The highest BCUT2D eigenvalue weighted by molar-refractivity contribution is 6.31. The van der Waals surface area contributed by atoms with Crippen LogP contribution in [0, 0.1) is 11.8 Å². The molecule has 1 fully saturated rings. The molecule has 1 saturated heterocycles. The molecule has 26 heavy (non-hydrogen) atoms. The molecule has 2 aromatic rings. The topological polar surface area (TPSA) is 44.4 Å². The molecular weight excluding hydrogens is 322 g/mol. The molecule has 4 heteroatoms. The van der Waals surface area contributed by atoms with Crippen LogP contribution in [0.1, 0.15) is 25.8 Å². The SMILES string of the molecule is CC1CC(C)CN(c2ccc(N/C=C3/C(=O)Nc4ccccc43)cc2)C1. The van der Waals surface area contributed by atoms with Gasteiger partial charge in [0.15, 0.2) is 0 Å². The van der Waals surface area contributed by atoms with Crippen LogP contribution in [0.2, 0.25) is 0 Å². The van der Waals surface area contributed by atoms with Crippen LogP contribution in [0.15, 0.2) is 54.7 Å². The van der Waals surface area contributed by atoms with Crippen molar-refractivity contribution in [3.63, 3.8) is 0 Å². The predicted molar refractivity (Wildman–Crippen MR) is 108 cm³/mol. The maximum atomic E-state index is 12.1. The van der Waals surface area contributed by atoms with Crippen molar-refractivity contribution in [3.8, 4) is 0 Å². The zero-order chi connectivity index (χ0) is 18.1. The number of rotatable bonds is 3. The van der Waals surface area contributed by atoms with Crippen LogP contribution in [-0.4, -0.2) is 19.0 Å². The first-order valence-electron chi connectivity index (χ1n) is 9.32. The number of benzene rings is 2. The molecule has 2 aliphatic heterocycles. The van der Waals surface area contributed by atoms with Gasteiger partial charge in [0, 0.05) is 41.9 Å². The third-order valence-corrected chi connectivity index (χ3v) is 5.19. The van der Waals surface area contributed by atoms with Gasteiger partial charge < -0.3 is 15.5 Å². The number of nitrogens with one attached hydrogen (secondary N) is 2. The Morgan fingerprint density at radius 1 is 1.04 bits per heavy atom. The third-order valence-electron chi connectivity index (χ3n) is 5.19. The molecule has 1 amide bonds. The van der Waals surface area contributed by atoms with Gasteiger partial charge in [-0.25, -0.2) is 0 Å². The van der Waals surface area contributed by atoms with E-state index in [0.717, 1.165) is 41.9 Å². The molecular formula is C22H25N3O. The summed E-state index contributed by atoms with van der Waals surface area (Å²) in [4.78, 5) is 14.6. The minimum Gasteiger partial charge on any atom is -0.371 e. The van der Waals surface area contributed by atoms with E-state index in [1.54, 1.807) is 6.20 Å². The summed E-state index contributed by atoms with van der Waals surface area (Å²) in [5.41, 5.74) is 4.73. The Bertz CT molecular complexity index is 831. The minimum atomic E-state index is -0.0633. The van der Waals surface area contributed by atoms with Crippen LogP contribution < -0.4 is 15.5 Å². The summed E-state index contributed by atoms with van der Waals surface area (Å²) < 4.78 is 0. The van der Waals surface area contributed by atoms with Gasteiger partial charge in [0.05, 0.1) is 5.57 Å². The number of para-hydroxylation sites is 1. The molecule has 0 aromatic heterocycles. The van der Waals surface area contributed by atoms with E-state index in [0.29, 0.717) is 5.57 Å². The molecule has 2 heterocycles. The number of carbonyl (C=O) groups excluding carboxylic acids is 1. The normalized spacial score (nSPS) is 23.7. The molecule has 4 nitrogen and oxygen atoms in total. The van der Waals surface area contributed by atoms with Crippen molar-refractivity contribution < 1.29 is 4.79 Å². The van der Waals surface area contributed by atoms with Gasteiger partial charge in [-0.3, -0.25) is 4.79 Å². The van der Waals surface area contributed by atoms with Crippen LogP contribution in [-0.2, 0) is 4.79 Å². The highest BCUT2D eigenvalue weighted by atomic mass is 16.2. The van der Waals surface area contributed by atoms with E-state index in [9.17, 15) is 4.79 Å². The lowest BCUT2D eigenvalue weighted by Crippen LogP contribution is -2.38. The maximum absolute atomic E-state index is 12.1. The molecule has 2 aliphatic rings. The van der Waals surface area contributed by atoms with E-state index in [-0.39, 0.29) is 5.91 Å². The second kappa shape index (κ2) is 6.87. The highest BCUT2D eigenvalue weighted by Gasteiger charge is 2.23. The molecule has 2 N–H and O–H groups in total. The van der Waals surface area contributed by atoms with Crippen molar-refractivity contribution in [2.75, 3.05) is 28.6 Å². The zero-order valence-electron chi connectivity index (χ0n) is 15.3. The molecule has 2 unspecified atom stereocenters. The molecule has 4 rings (SSSR count). The minimum absolute atomic E-state index is 0.0633. The highest BCUT2D eigenvalue weighted by Crippen LogP contribution is 2.31. The largest absolute Gasteiger partial charge is 0.371 e. The van der Waals surface area contributed by atoms with E-state index in [1.807, 2.05) is 24.3 Å². The van der Waals surface area contributed by atoms with Crippen molar-refractivity contribution in [3.05, 3.63) is 60.3 Å². The maximum Gasteiger partial charge on any atom is 0.257 e. The lowest BCUT2D eigenvalue weighted by Gasteiger charge is -2.36. The summed E-state index contributed by atoms with van der Waals surface area (Å²) in [6.45, 7) is 6.90. The van der Waals surface area contributed by atoms with E-state index in [4.69, 9.17) is 0 Å². The zero-order valence-corrected chi connectivity index (χ0v) is 15.3. The molecule has 0 bridgehead atoms. The van der Waals surface area contributed by atoms with E-state index in [1.165, 1.54) is 12.1 Å². The van der Waals surface area contributed by atoms with Gasteiger partial charge in [0.2, 0.25) is 0 Å². The molecule has 0 saturated carbocycles. The first kappa shape index (κ1) is 16.7. The second-order valence-electron chi connectivity index (χ2n) is 7.60. The summed E-state index contributed by atoms with van der Waals surface area (Å²) in [5.74, 6) is 1.41. The summed E-state index contributed by atoms with van der Waals surface area (Å²) in [5, 5.41) is 6.15. The molecule has 0 spiro atoms. The van der Waals surface area contributed by atoms with Gasteiger partial charge in [0.1, 0.15) is 0 Å². The Labute approximate surface area is 154 Å². The van der Waals surface area contributed by atoms with Gasteiger partial charge in [0.25, 0.3) is 5.91 Å². The molecule has 0 aliphatic carbocycles. The average Bonchev–Trinajstić information content (AvgIpc) is 2.95. The molecule has 134 valence electrons. The van der Waals surface area contributed by atoms with Crippen molar-refractivity contribution in [2.45, 2.75) is 20.3 Å². The Morgan fingerprint density at radius 3 is 2.46 bits per heavy atom. The van der Waals surface area contributed by atoms with E-state index in [2.05, 4.69) is 53.6 Å². The number of nitrogens with zero attached hydrogens (tertiary/aromatic N) is 1. The second-order valence-corrected chi connectivity index (χ2v) is 7.60. The van der Waals surface area contributed by atoms with Crippen LogP contribution in [0.3, 0.4) is 0 Å². The Balaban J connectivity index is 1.48. The van der Waals surface area contributed by atoms with Gasteiger partial charge in [-0.15, -0.1) is 0 Å². The molecule has 2 atom stereocenters. The quantitative estimate of drug-likeness (QED) is 0.799. The third kappa shape index (κ3) is 3.32. The molecule has 0 radical (unpaired) electrons. The standard InChI is InChI=1S/C22H25N3O/c1-15-11-16(2)14-25(13-15)18-9-7-17(8-10-18)23-12-20-19-5-3-4-6-21(19)24-22(20)26/h3-10,12,15-16,23H,11,13-14H2,1-2H3,(H,24,26)/b20-12+. The lowest BCUT2D eigenvalue weighted by atomic mass is 9.91. The number of carbonyl (C=O) groups is 1. The monoisotopic (exact) mass is 347 g/mol. The van der Waals surface area contributed by atoms with Gasteiger partial charge in [-0.1, -0.05) is 32.0 Å². The summed E-state index contributed by atoms with van der Waals surface area (Å²) in [6, 6.07) is 16.2. The van der Waals surface area contributed by atoms with E-state index >= 15 is 0 Å². The van der Waals surface area contributed by atoms with Crippen molar-refractivity contribution in [1.29, 1.82) is 0 Å². The summed E-state index contributed by atoms with van der Waals surface area (Å²) in [6.07, 6.45) is 3.11. The first-order valence-corrected chi connectivity index (χ1v) is 9.32. The van der Waals surface area contributed by atoms with Crippen molar-refractivity contribution in [2.24, 2.45) is 11.8 Å². The average molecular weight is 347 g/mol. The smallest absolute Gasteiger partial charge is 0.257 e. The van der Waals surface area contributed by atoms with Crippen molar-refractivity contribution in [1.82, 2.24) is 0 Å². The Morgan fingerprint density at radius 2 is 1.73 bits per heavy atom. The van der Waals surface area contributed by atoms with E-state index < -0.39 is 0 Å². The number of anilines is 3. The van der Waals surface area contributed by atoms with Crippen LogP contribution >= 0.6 is 0 Å². The van der Waals surface area contributed by atoms with Crippen LogP contribution in [0.4, 0.5) is 17.1 Å². The van der Waals surface area contributed by atoms with Crippen LogP contribution in [0.5, 0.6) is 0 Å². The molecule has 2 aromatic carbocycles. The van der Waals surface area contributed by atoms with Gasteiger partial charge >= 0.3 is 0 Å². The number of fused-ring (bicyclic) bond motifs is 1. The summed E-state index contributed by atoms with van der Waals surface area (Å²) in [7, 11) is 0. The fraction of sp³-hybridized carbons (Fsp3) is 0.318. The van der Waals surface area contributed by atoms with Crippen molar-refractivity contribution >= 4 is 28.5 Å². The summed E-state index contributed by atoms with van der Waals surface area (Å²) >= 11 is 0. The fourth-order valence-corrected chi connectivity index (χ4v) is 4.08. The van der Waals surface area contributed by atoms with Gasteiger partial charge in [-0.05, 0) is 48.6 Å². The predicted octanol–water partition coefficient (Wildman–Crippen LogP) is 4.57. The fourth-order valence-electron chi connectivity index (χ4n) is 4.08. The first-order chi connectivity index (χ1) is 12.6. The number of piperidine rings is 1.